The molecule has 0 aliphatic carbocycles. The molecule has 7 heteroatoms. The van der Waals surface area contributed by atoms with Gasteiger partial charge in [-0.1, -0.05) is 60.3 Å². The summed E-state index contributed by atoms with van der Waals surface area (Å²) >= 11 is 1.42. The van der Waals surface area contributed by atoms with E-state index in [1.165, 1.54) is 17.3 Å². The topological polar surface area (TPSA) is 75.6 Å². The number of H-pyrrole nitrogens is 1. The van der Waals surface area contributed by atoms with E-state index in [-0.39, 0.29) is 5.91 Å². The number of carbonyl (C=O) groups excluding carboxylic acids is 1. The zero-order valence-corrected chi connectivity index (χ0v) is 17.1. The van der Waals surface area contributed by atoms with Gasteiger partial charge in [0.25, 0.3) is 0 Å². The maximum Gasteiger partial charge on any atom is 0.230 e. The number of rotatable bonds is 8. The molecule has 2 aromatic heterocycles. The van der Waals surface area contributed by atoms with E-state index in [2.05, 4.69) is 50.2 Å². The Morgan fingerprint density at radius 1 is 1.10 bits per heavy atom. The van der Waals surface area contributed by atoms with E-state index in [1.807, 2.05) is 42.6 Å². The van der Waals surface area contributed by atoms with Crippen LogP contribution < -0.4 is 5.32 Å². The highest BCUT2D eigenvalue weighted by molar-refractivity contribution is 7.99. The second-order valence-corrected chi connectivity index (χ2v) is 7.62. The van der Waals surface area contributed by atoms with Gasteiger partial charge in [0.05, 0.1) is 5.75 Å². The van der Waals surface area contributed by atoms with Crippen molar-refractivity contribution < 1.29 is 4.79 Å². The van der Waals surface area contributed by atoms with Gasteiger partial charge < -0.3 is 14.9 Å². The normalized spacial score (nSPS) is 11.1. The molecule has 6 nitrogen and oxygen atoms in total. The monoisotopic (exact) mass is 405 g/mol. The van der Waals surface area contributed by atoms with Crippen molar-refractivity contribution >= 4 is 28.6 Å². The molecule has 2 aromatic carbocycles. The Hall–Kier alpha value is -3.06. The third kappa shape index (κ3) is 4.35. The van der Waals surface area contributed by atoms with Crippen molar-refractivity contribution in [2.75, 3.05) is 12.3 Å². The minimum Gasteiger partial charge on any atom is -0.360 e. The summed E-state index contributed by atoms with van der Waals surface area (Å²) < 4.78 is 2.05. The average Bonchev–Trinajstić information content (AvgIpc) is 3.36. The second kappa shape index (κ2) is 8.96. The number of amides is 1. The quantitative estimate of drug-likeness (QED) is 0.436. The molecule has 0 aliphatic heterocycles. The zero-order chi connectivity index (χ0) is 20.1. The van der Waals surface area contributed by atoms with Crippen molar-refractivity contribution in [3.63, 3.8) is 0 Å². The van der Waals surface area contributed by atoms with Gasteiger partial charge in [-0.05, 0) is 25.0 Å². The lowest BCUT2D eigenvalue weighted by molar-refractivity contribution is -0.118. The van der Waals surface area contributed by atoms with E-state index < -0.39 is 0 Å². The molecule has 0 saturated carbocycles. The van der Waals surface area contributed by atoms with Gasteiger partial charge in [-0.25, -0.2) is 0 Å². The van der Waals surface area contributed by atoms with Crippen LogP contribution in [0.3, 0.4) is 0 Å². The van der Waals surface area contributed by atoms with Crippen molar-refractivity contribution in [2.24, 2.45) is 0 Å². The number of aromatic nitrogens is 4. The Labute approximate surface area is 173 Å². The van der Waals surface area contributed by atoms with Gasteiger partial charge >= 0.3 is 0 Å². The van der Waals surface area contributed by atoms with E-state index in [0.717, 1.165) is 40.4 Å². The van der Waals surface area contributed by atoms with Crippen LogP contribution in [-0.4, -0.2) is 38.0 Å². The van der Waals surface area contributed by atoms with Crippen LogP contribution in [-0.2, 0) is 17.8 Å². The summed E-state index contributed by atoms with van der Waals surface area (Å²) in [6.45, 7) is 3.43. The Balaban J connectivity index is 1.39. The van der Waals surface area contributed by atoms with E-state index in [9.17, 15) is 4.79 Å². The van der Waals surface area contributed by atoms with E-state index >= 15 is 0 Å². The molecule has 0 fully saturated rings. The van der Waals surface area contributed by atoms with Crippen molar-refractivity contribution in [1.82, 2.24) is 25.1 Å². The fourth-order valence-electron chi connectivity index (χ4n) is 3.31. The first-order valence-corrected chi connectivity index (χ1v) is 10.7. The largest absolute Gasteiger partial charge is 0.360 e. The van der Waals surface area contributed by atoms with E-state index in [0.29, 0.717) is 12.3 Å². The van der Waals surface area contributed by atoms with Crippen LogP contribution in [0.2, 0.25) is 0 Å². The summed E-state index contributed by atoms with van der Waals surface area (Å²) in [4.78, 5) is 15.5. The highest BCUT2D eigenvalue weighted by Gasteiger charge is 2.17. The van der Waals surface area contributed by atoms with Gasteiger partial charge in [0.1, 0.15) is 0 Å². The van der Waals surface area contributed by atoms with Crippen molar-refractivity contribution in [1.29, 1.82) is 0 Å². The van der Waals surface area contributed by atoms with Gasteiger partial charge in [0.15, 0.2) is 11.0 Å². The minimum absolute atomic E-state index is 0.00484. The molecule has 0 bridgehead atoms. The Morgan fingerprint density at radius 3 is 2.72 bits per heavy atom. The number of para-hydroxylation sites is 1. The summed E-state index contributed by atoms with van der Waals surface area (Å²) in [6, 6.07) is 18.3. The maximum atomic E-state index is 12.2. The zero-order valence-electron chi connectivity index (χ0n) is 16.3. The maximum absolute atomic E-state index is 12.2. The van der Waals surface area contributed by atoms with Crippen LogP contribution in [0.5, 0.6) is 0 Å². The number of hydrogen-bond acceptors (Lipinski definition) is 4. The SMILES string of the molecule is CCn1c(SCC(=O)NCCc2ccccc2)nnc1-c1c[nH]c2ccccc12. The molecule has 0 atom stereocenters. The molecule has 1 amide bonds. The number of hydrogen-bond donors (Lipinski definition) is 2. The smallest absolute Gasteiger partial charge is 0.230 e. The molecule has 0 radical (unpaired) electrons. The molecule has 0 saturated heterocycles. The first-order chi connectivity index (χ1) is 14.3. The number of thioether (sulfide) groups is 1. The number of carbonyl (C=O) groups is 1. The molecule has 4 aromatic rings. The van der Waals surface area contributed by atoms with Crippen molar-refractivity contribution in [3.05, 3.63) is 66.4 Å². The lowest BCUT2D eigenvalue weighted by atomic mass is 10.1. The molecule has 2 N–H and O–H groups in total. The van der Waals surface area contributed by atoms with Gasteiger partial charge in [-0.2, -0.15) is 0 Å². The molecule has 2 heterocycles. The molecule has 0 aliphatic rings. The molecule has 29 heavy (non-hydrogen) atoms. The second-order valence-electron chi connectivity index (χ2n) is 6.67. The average molecular weight is 406 g/mol. The Morgan fingerprint density at radius 2 is 1.90 bits per heavy atom. The molecule has 4 rings (SSSR count). The first kappa shape index (κ1) is 19.3. The minimum atomic E-state index is 0.00484. The predicted molar refractivity (Wildman–Crippen MR) is 117 cm³/mol. The number of fused-ring (bicyclic) bond motifs is 1. The molecular formula is C22H23N5OS. The standard InChI is InChI=1S/C22H23N5OS/c1-2-27-21(18-14-24-19-11-7-6-10-17(18)19)25-26-22(27)29-15-20(28)23-13-12-16-8-4-3-5-9-16/h3-11,14,24H,2,12-13,15H2,1H3,(H,23,28). The predicted octanol–water partition coefficient (Wildman–Crippen LogP) is 3.90. The molecule has 0 unspecified atom stereocenters. The van der Waals surface area contributed by atoms with Crippen LogP contribution in [0.4, 0.5) is 0 Å². The van der Waals surface area contributed by atoms with Crippen LogP contribution in [0.15, 0.2) is 66.0 Å². The Kier molecular flexibility index (Phi) is 5.95. The lowest BCUT2D eigenvalue weighted by Crippen LogP contribution is -2.27. The van der Waals surface area contributed by atoms with Gasteiger partial charge in [0, 0.05) is 35.8 Å². The first-order valence-electron chi connectivity index (χ1n) is 9.69. The summed E-state index contributed by atoms with van der Waals surface area (Å²) in [5.41, 5.74) is 3.31. The summed E-state index contributed by atoms with van der Waals surface area (Å²) in [5.74, 6) is 1.14. The number of benzene rings is 2. The van der Waals surface area contributed by atoms with Crippen molar-refractivity contribution in [2.45, 2.75) is 25.0 Å². The van der Waals surface area contributed by atoms with E-state index in [1.54, 1.807) is 0 Å². The highest BCUT2D eigenvalue weighted by Crippen LogP contribution is 2.29. The van der Waals surface area contributed by atoms with E-state index in [4.69, 9.17) is 0 Å². The summed E-state index contributed by atoms with van der Waals surface area (Å²) in [5, 5.41) is 13.6. The van der Waals surface area contributed by atoms with Gasteiger partial charge in [-0.15, -0.1) is 10.2 Å². The molecule has 148 valence electrons. The number of nitrogens with zero attached hydrogens (tertiary/aromatic N) is 3. The highest BCUT2D eigenvalue weighted by atomic mass is 32.2. The van der Waals surface area contributed by atoms with Crippen LogP contribution in [0.1, 0.15) is 12.5 Å². The fourth-order valence-corrected chi connectivity index (χ4v) is 4.14. The molecule has 0 spiro atoms. The third-order valence-corrected chi connectivity index (χ3v) is 5.74. The summed E-state index contributed by atoms with van der Waals surface area (Å²) in [6.07, 6.45) is 2.79. The van der Waals surface area contributed by atoms with Crippen LogP contribution in [0, 0.1) is 0 Å². The van der Waals surface area contributed by atoms with Crippen molar-refractivity contribution in [3.8, 4) is 11.4 Å². The number of aromatic amines is 1. The molecular weight excluding hydrogens is 382 g/mol. The summed E-state index contributed by atoms with van der Waals surface area (Å²) in [7, 11) is 0. The Bertz CT molecular complexity index is 1100. The van der Waals surface area contributed by atoms with Crippen LogP contribution in [0.25, 0.3) is 22.3 Å². The van der Waals surface area contributed by atoms with Gasteiger partial charge in [-0.3, -0.25) is 4.79 Å². The fraction of sp³-hybridized carbons (Fsp3) is 0.227. The van der Waals surface area contributed by atoms with Gasteiger partial charge in [0.2, 0.25) is 5.91 Å². The number of nitrogens with one attached hydrogen (secondary N) is 2. The van der Waals surface area contributed by atoms with Crippen LogP contribution >= 0.6 is 11.8 Å². The lowest BCUT2D eigenvalue weighted by Gasteiger charge is -2.07. The third-order valence-electron chi connectivity index (χ3n) is 4.77.